The van der Waals surface area contributed by atoms with Gasteiger partial charge in [0.2, 0.25) is 0 Å². The molecule has 0 saturated carbocycles. The molecular weight excluding hydrogens is 384 g/mol. The Morgan fingerprint density at radius 1 is 0.724 bits per heavy atom. The minimum Gasteiger partial charge on any atom is -0.481 e. The molecule has 0 spiro atoms. The lowest BCUT2D eigenvalue weighted by molar-refractivity contribution is -0.177. The number of unbranched alkanes of at least 4 members (excludes halogenated alkanes) is 4. The van der Waals surface area contributed by atoms with E-state index in [2.05, 4.69) is 21.1 Å². The van der Waals surface area contributed by atoms with Crippen molar-refractivity contribution in [2.75, 3.05) is 19.8 Å². The van der Waals surface area contributed by atoms with Crippen LogP contribution >= 0.6 is 0 Å². The number of carbonyl (C=O) groups is 4. The van der Waals surface area contributed by atoms with Gasteiger partial charge in [-0.2, -0.15) is 0 Å². The van der Waals surface area contributed by atoms with Crippen molar-refractivity contribution in [1.29, 1.82) is 0 Å². The lowest BCUT2D eigenvalue weighted by atomic mass is 9.95. The second-order valence-electron chi connectivity index (χ2n) is 6.27. The minimum absolute atomic E-state index is 0.0206. The third-order valence-corrected chi connectivity index (χ3v) is 3.63. The Bertz CT molecular complexity index is 468. The molecule has 0 radical (unpaired) electrons. The van der Waals surface area contributed by atoms with Gasteiger partial charge in [-0.25, -0.2) is 4.79 Å². The van der Waals surface area contributed by atoms with Crippen molar-refractivity contribution in [3.63, 3.8) is 0 Å². The highest BCUT2D eigenvalue weighted by Gasteiger charge is 2.43. The fourth-order valence-corrected chi connectivity index (χ4v) is 2.25. The van der Waals surface area contributed by atoms with E-state index in [1.165, 1.54) is 19.3 Å². The highest BCUT2D eigenvalue weighted by Crippen LogP contribution is 2.19. The number of carboxylic acids is 1. The first-order chi connectivity index (χ1) is 13.7. The molecule has 0 fully saturated rings. The van der Waals surface area contributed by atoms with Crippen LogP contribution in [0.2, 0.25) is 0 Å². The molecule has 2 N–H and O–H groups in total. The molecule has 0 aromatic rings. The van der Waals surface area contributed by atoms with Crippen LogP contribution in [0.1, 0.15) is 79.1 Å². The Balaban J connectivity index is 0. The molecule has 0 bridgehead atoms. The molecule has 29 heavy (non-hydrogen) atoms. The number of esters is 3. The van der Waals surface area contributed by atoms with Crippen LogP contribution in [0.15, 0.2) is 0 Å². The molecule has 170 valence electrons. The fourth-order valence-electron chi connectivity index (χ4n) is 2.25. The predicted octanol–water partition coefficient (Wildman–Crippen LogP) is 2.62. The van der Waals surface area contributed by atoms with E-state index in [1.807, 2.05) is 0 Å². The minimum atomic E-state index is -2.26. The molecule has 9 heteroatoms. The van der Waals surface area contributed by atoms with Crippen molar-refractivity contribution in [2.45, 2.75) is 84.7 Å². The summed E-state index contributed by atoms with van der Waals surface area (Å²) in [7, 11) is 0. The van der Waals surface area contributed by atoms with E-state index in [0.717, 1.165) is 12.8 Å². The van der Waals surface area contributed by atoms with E-state index in [1.54, 1.807) is 20.8 Å². The van der Waals surface area contributed by atoms with E-state index in [4.69, 9.17) is 5.11 Å². The molecule has 0 aliphatic carbocycles. The summed E-state index contributed by atoms with van der Waals surface area (Å²) >= 11 is 0. The van der Waals surface area contributed by atoms with E-state index in [9.17, 15) is 24.3 Å². The molecule has 0 unspecified atom stereocenters. The van der Waals surface area contributed by atoms with Gasteiger partial charge in [0.05, 0.1) is 32.7 Å². The van der Waals surface area contributed by atoms with Gasteiger partial charge in [0.25, 0.3) is 0 Å². The Kier molecular flexibility index (Phi) is 17.9. The molecule has 0 amide bonds. The molecule has 0 aliphatic heterocycles. The molecule has 0 aliphatic rings. The predicted molar refractivity (Wildman–Crippen MR) is 105 cm³/mol. The summed E-state index contributed by atoms with van der Waals surface area (Å²) < 4.78 is 14.0. The van der Waals surface area contributed by atoms with Crippen molar-refractivity contribution < 1.29 is 43.6 Å². The van der Waals surface area contributed by atoms with E-state index >= 15 is 0 Å². The number of aliphatic hydroxyl groups is 1. The van der Waals surface area contributed by atoms with Gasteiger partial charge >= 0.3 is 23.9 Å². The zero-order valence-corrected chi connectivity index (χ0v) is 18.0. The van der Waals surface area contributed by atoms with Crippen molar-refractivity contribution in [2.24, 2.45) is 0 Å². The largest absolute Gasteiger partial charge is 0.481 e. The summed E-state index contributed by atoms with van der Waals surface area (Å²) in [5.74, 6) is -3.29. The lowest BCUT2D eigenvalue weighted by Gasteiger charge is -2.23. The van der Waals surface area contributed by atoms with Crippen LogP contribution < -0.4 is 0 Å². The maximum absolute atomic E-state index is 11.7. The Labute approximate surface area is 172 Å². The second kappa shape index (κ2) is 17.9. The molecule has 0 aromatic carbocycles. The first-order valence-corrected chi connectivity index (χ1v) is 10.1. The van der Waals surface area contributed by atoms with Gasteiger partial charge in [-0.05, 0) is 27.2 Å². The fraction of sp³-hybridized carbons (Fsp3) is 0.800. The molecule has 0 rings (SSSR count). The van der Waals surface area contributed by atoms with Crippen molar-refractivity contribution >= 4 is 23.9 Å². The Morgan fingerprint density at radius 2 is 1.17 bits per heavy atom. The summed E-state index contributed by atoms with van der Waals surface area (Å²) in [5, 5.41) is 18.4. The van der Waals surface area contributed by atoms with Crippen LogP contribution in [-0.2, 0) is 33.4 Å². The Morgan fingerprint density at radius 3 is 1.55 bits per heavy atom. The number of hydrogen-bond donors (Lipinski definition) is 2. The summed E-state index contributed by atoms with van der Waals surface area (Å²) in [5.41, 5.74) is -2.26. The highest BCUT2D eigenvalue weighted by molar-refractivity contribution is 5.90. The van der Waals surface area contributed by atoms with Crippen molar-refractivity contribution in [3.8, 4) is 0 Å². The first kappa shape index (κ1) is 29.0. The topological polar surface area (TPSA) is 136 Å². The zero-order chi connectivity index (χ0) is 22.7. The maximum Gasteiger partial charge on any atom is 0.339 e. The Hall–Kier alpha value is -2.16. The normalized spacial score (nSPS) is 10.4. The number of hydrogen-bond acceptors (Lipinski definition) is 8. The molecule has 0 saturated heterocycles. The van der Waals surface area contributed by atoms with Crippen LogP contribution in [0, 0.1) is 0 Å². The number of aliphatic carboxylic acids is 1. The summed E-state index contributed by atoms with van der Waals surface area (Å²) in [4.78, 5) is 44.4. The number of carbonyl (C=O) groups excluding carboxylic acids is 3. The van der Waals surface area contributed by atoms with Crippen LogP contribution in [0.4, 0.5) is 0 Å². The third-order valence-electron chi connectivity index (χ3n) is 3.63. The SMILES string of the molecule is CCCCCCCC(=O)O.CCOC(=O)CC(O)(CC(=O)OCC)C(=O)OCC. The lowest BCUT2D eigenvalue weighted by Crippen LogP contribution is -2.44. The number of rotatable bonds is 14. The molecule has 0 heterocycles. The summed E-state index contributed by atoms with van der Waals surface area (Å²) in [6, 6.07) is 0. The van der Waals surface area contributed by atoms with Crippen LogP contribution in [0.5, 0.6) is 0 Å². The average Bonchev–Trinajstić information content (AvgIpc) is 2.62. The van der Waals surface area contributed by atoms with Crippen LogP contribution in [0.3, 0.4) is 0 Å². The van der Waals surface area contributed by atoms with E-state index < -0.39 is 42.3 Å². The monoisotopic (exact) mass is 420 g/mol. The molecule has 9 nitrogen and oxygen atoms in total. The maximum atomic E-state index is 11.7. The van der Waals surface area contributed by atoms with Crippen molar-refractivity contribution in [3.05, 3.63) is 0 Å². The number of ether oxygens (including phenoxy) is 3. The van der Waals surface area contributed by atoms with E-state index in [0.29, 0.717) is 6.42 Å². The number of carboxylic acid groups (broad SMARTS) is 1. The summed E-state index contributed by atoms with van der Waals surface area (Å²) in [6.45, 7) is 7.12. The standard InChI is InChI=1S/C12H20O7.C8H16O2/c1-4-17-9(13)7-12(16,11(15)19-6-3)8-10(14)18-5-2;1-2-3-4-5-6-7-8(9)10/h16H,4-8H2,1-3H3;2-7H2,1H3,(H,9,10). The summed E-state index contributed by atoms with van der Waals surface area (Å²) in [6.07, 6.45) is 4.58. The van der Waals surface area contributed by atoms with Gasteiger partial charge in [-0.15, -0.1) is 0 Å². The van der Waals surface area contributed by atoms with Gasteiger partial charge in [0, 0.05) is 6.42 Å². The van der Waals surface area contributed by atoms with Gasteiger partial charge in [0.1, 0.15) is 0 Å². The zero-order valence-electron chi connectivity index (χ0n) is 18.0. The molecular formula is C20H36O9. The molecule has 0 atom stereocenters. The smallest absolute Gasteiger partial charge is 0.339 e. The first-order valence-electron chi connectivity index (χ1n) is 10.1. The van der Waals surface area contributed by atoms with E-state index in [-0.39, 0.29) is 19.8 Å². The quantitative estimate of drug-likeness (QED) is 0.247. The third kappa shape index (κ3) is 16.5. The second-order valence-corrected chi connectivity index (χ2v) is 6.27. The average molecular weight is 420 g/mol. The highest BCUT2D eigenvalue weighted by atomic mass is 16.6. The van der Waals surface area contributed by atoms with Gasteiger partial charge in [-0.3, -0.25) is 14.4 Å². The van der Waals surface area contributed by atoms with Crippen LogP contribution in [0.25, 0.3) is 0 Å². The molecule has 0 aromatic heterocycles. The van der Waals surface area contributed by atoms with Gasteiger partial charge in [0.15, 0.2) is 5.60 Å². The van der Waals surface area contributed by atoms with Gasteiger partial charge < -0.3 is 24.4 Å². The van der Waals surface area contributed by atoms with Crippen LogP contribution in [-0.4, -0.2) is 59.5 Å². The van der Waals surface area contributed by atoms with Crippen molar-refractivity contribution in [1.82, 2.24) is 0 Å². The van der Waals surface area contributed by atoms with Gasteiger partial charge in [-0.1, -0.05) is 32.6 Å².